The molecule has 29 heavy (non-hydrogen) atoms. The average Bonchev–Trinajstić information content (AvgIpc) is 3.17. The van der Waals surface area contributed by atoms with E-state index >= 15 is 0 Å². The molecule has 0 unspecified atom stereocenters. The van der Waals surface area contributed by atoms with Crippen molar-refractivity contribution in [3.05, 3.63) is 77.8 Å². The highest BCUT2D eigenvalue weighted by Gasteiger charge is 2.31. The van der Waals surface area contributed by atoms with Crippen LogP contribution < -0.4 is 4.74 Å². The number of ether oxygens (including phenoxy) is 1. The van der Waals surface area contributed by atoms with Crippen LogP contribution in [0, 0.1) is 0 Å². The lowest BCUT2D eigenvalue weighted by Gasteiger charge is -2.15. The third-order valence-corrected chi connectivity index (χ3v) is 4.43. The number of halogens is 3. The monoisotopic (exact) mass is 398 g/mol. The number of rotatable bonds is 4. The molecule has 0 bridgehead atoms. The van der Waals surface area contributed by atoms with Crippen LogP contribution in [0.2, 0.25) is 0 Å². The molecular formula is C22H17F3N2O2. The molecule has 0 saturated carbocycles. The van der Waals surface area contributed by atoms with Crippen molar-refractivity contribution in [2.24, 2.45) is 4.99 Å². The predicted molar refractivity (Wildman–Crippen MR) is 104 cm³/mol. The van der Waals surface area contributed by atoms with Crippen LogP contribution in [-0.4, -0.2) is 23.6 Å². The van der Waals surface area contributed by atoms with E-state index in [1.165, 1.54) is 24.3 Å². The van der Waals surface area contributed by atoms with Crippen LogP contribution in [0.5, 0.6) is 5.75 Å². The van der Waals surface area contributed by atoms with Gasteiger partial charge < -0.3 is 9.15 Å². The standard InChI is InChI=1S/C22H17F3N2O2/c23-22(24,25)29-18-7-5-15(6-8-18)20-10-9-19(28-20)13-16-3-2-12-27-21(16)17-4-1-11-26-14-17/h1,4-11,13-14H,2-3,12H2/b16-13-. The van der Waals surface area contributed by atoms with E-state index in [1.54, 1.807) is 18.5 Å². The third kappa shape index (κ3) is 4.74. The zero-order chi connectivity index (χ0) is 20.3. The molecule has 3 heterocycles. The molecule has 0 radical (unpaired) electrons. The zero-order valence-corrected chi connectivity index (χ0v) is 15.3. The van der Waals surface area contributed by atoms with Crippen LogP contribution in [0.25, 0.3) is 17.4 Å². The van der Waals surface area contributed by atoms with Crippen LogP contribution >= 0.6 is 0 Å². The first-order chi connectivity index (χ1) is 14.0. The molecule has 148 valence electrons. The second kappa shape index (κ2) is 7.95. The Hall–Kier alpha value is -3.35. The molecule has 0 fully saturated rings. The van der Waals surface area contributed by atoms with E-state index in [2.05, 4.69) is 14.7 Å². The smallest absolute Gasteiger partial charge is 0.457 e. The van der Waals surface area contributed by atoms with Gasteiger partial charge >= 0.3 is 6.36 Å². The molecular weight excluding hydrogens is 381 g/mol. The second-order valence-corrected chi connectivity index (χ2v) is 6.52. The summed E-state index contributed by atoms with van der Waals surface area (Å²) in [5.41, 5.74) is 3.61. The van der Waals surface area contributed by atoms with Gasteiger partial charge in [0, 0.05) is 30.1 Å². The number of alkyl halides is 3. The van der Waals surface area contributed by atoms with E-state index in [-0.39, 0.29) is 5.75 Å². The van der Waals surface area contributed by atoms with Gasteiger partial charge in [-0.3, -0.25) is 9.98 Å². The van der Waals surface area contributed by atoms with Crippen LogP contribution in [0.15, 0.2) is 75.9 Å². The highest BCUT2D eigenvalue weighted by Crippen LogP contribution is 2.29. The molecule has 3 aromatic rings. The van der Waals surface area contributed by atoms with Gasteiger partial charge in [0.2, 0.25) is 0 Å². The Morgan fingerprint density at radius 2 is 1.83 bits per heavy atom. The van der Waals surface area contributed by atoms with Crippen LogP contribution in [-0.2, 0) is 0 Å². The van der Waals surface area contributed by atoms with Crippen molar-refractivity contribution in [1.82, 2.24) is 4.98 Å². The summed E-state index contributed by atoms with van der Waals surface area (Å²) < 4.78 is 46.6. The van der Waals surface area contributed by atoms with Crippen LogP contribution in [0.4, 0.5) is 13.2 Å². The number of pyridine rings is 1. The molecule has 2 aromatic heterocycles. The minimum absolute atomic E-state index is 0.269. The Morgan fingerprint density at radius 1 is 1.00 bits per heavy atom. The first kappa shape index (κ1) is 19.0. The number of benzene rings is 1. The number of hydrogen-bond donors (Lipinski definition) is 0. The van der Waals surface area contributed by atoms with E-state index in [0.717, 1.165) is 36.2 Å². The maximum atomic E-state index is 12.3. The molecule has 0 spiro atoms. The van der Waals surface area contributed by atoms with Crippen molar-refractivity contribution < 1.29 is 22.3 Å². The summed E-state index contributed by atoms with van der Waals surface area (Å²) in [6.45, 7) is 0.775. The van der Waals surface area contributed by atoms with Gasteiger partial charge in [-0.05, 0) is 73.0 Å². The lowest BCUT2D eigenvalue weighted by Crippen LogP contribution is -2.16. The summed E-state index contributed by atoms with van der Waals surface area (Å²) in [4.78, 5) is 8.80. The Labute approximate surface area is 165 Å². The molecule has 0 aliphatic carbocycles. The molecule has 1 aliphatic heterocycles. The average molecular weight is 398 g/mol. The highest BCUT2D eigenvalue weighted by molar-refractivity contribution is 6.15. The van der Waals surface area contributed by atoms with Gasteiger partial charge in [-0.15, -0.1) is 13.2 Å². The van der Waals surface area contributed by atoms with Gasteiger partial charge in [-0.25, -0.2) is 0 Å². The van der Waals surface area contributed by atoms with E-state index in [9.17, 15) is 13.2 Å². The van der Waals surface area contributed by atoms with Gasteiger partial charge in [0.25, 0.3) is 0 Å². The molecule has 0 saturated heterocycles. The fraction of sp³-hybridized carbons (Fsp3) is 0.182. The molecule has 4 nitrogen and oxygen atoms in total. The quantitative estimate of drug-likeness (QED) is 0.549. The first-order valence-electron chi connectivity index (χ1n) is 9.10. The van der Waals surface area contributed by atoms with Crippen molar-refractivity contribution in [1.29, 1.82) is 0 Å². The largest absolute Gasteiger partial charge is 0.573 e. The lowest BCUT2D eigenvalue weighted by atomic mass is 9.96. The molecule has 0 atom stereocenters. The summed E-state index contributed by atoms with van der Waals surface area (Å²) in [6.07, 6.45) is 2.60. The van der Waals surface area contributed by atoms with Gasteiger partial charge in [0.05, 0.1) is 5.71 Å². The molecule has 0 N–H and O–H groups in total. The van der Waals surface area contributed by atoms with Crippen molar-refractivity contribution in [3.8, 4) is 17.1 Å². The second-order valence-electron chi connectivity index (χ2n) is 6.52. The number of nitrogens with zero attached hydrogens (tertiary/aromatic N) is 2. The Kier molecular flexibility index (Phi) is 5.20. The SMILES string of the molecule is FC(F)(F)Oc1ccc(-c2ccc(/C=C3/CCCN=C3c3cccnc3)o2)cc1. The fourth-order valence-electron chi connectivity index (χ4n) is 3.18. The van der Waals surface area contributed by atoms with Crippen molar-refractivity contribution >= 4 is 11.8 Å². The first-order valence-corrected chi connectivity index (χ1v) is 9.10. The Balaban J connectivity index is 1.56. The summed E-state index contributed by atoms with van der Waals surface area (Å²) in [5, 5.41) is 0. The molecule has 4 rings (SSSR count). The molecule has 1 aromatic carbocycles. The maximum absolute atomic E-state index is 12.3. The van der Waals surface area contributed by atoms with E-state index in [1.807, 2.05) is 24.3 Å². The van der Waals surface area contributed by atoms with Crippen LogP contribution in [0.1, 0.15) is 24.2 Å². The topological polar surface area (TPSA) is 47.6 Å². The van der Waals surface area contributed by atoms with E-state index in [0.29, 0.717) is 17.1 Å². The fourth-order valence-corrected chi connectivity index (χ4v) is 3.18. The lowest BCUT2D eigenvalue weighted by molar-refractivity contribution is -0.274. The molecule has 1 aliphatic rings. The highest BCUT2D eigenvalue weighted by atomic mass is 19.4. The Morgan fingerprint density at radius 3 is 2.55 bits per heavy atom. The van der Waals surface area contributed by atoms with Crippen molar-refractivity contribution in [3.63, 3.8) is 0 Å². The Bertz CT molecular complexity index is 1040. The van der Waals surface area contributed by atoms with E-state index in [4.69, 9.17) is 4.42 Å². The zero-order valence-electron chi connectivity index (χ0n) is 15.3. The summed E-state index contributed by atoms with van der Waals surface area (Å²) in [6, 6.07) is 13.0. The van der Waals surface area contributed by atoms with Gasteiger partial charge in [0.15, 0.2) is 0 Å². The molecule has 7 heteroatoms. The maximum Gasteiger partial charge on any atom is 0.573 e. The number of allylic oxidation sites excluding steroid dienone is 1. The summed E-state index contributed by atoms with van der Waals surface area (Å²) >= 11 is 0. The normalized spacial score (nSPS) is 16.0. The van der Waals surface area contributed by atoms with Crippen molar-refractivity contribution in [2.45, 2.75) is 19.2 Å². The van der Waals surface area contributed by atoms with Gasteiger partial charge in [-0.1, -0.05) is 0 Å². The number of hydrogen-bond acceptors (Lipinski definition) is 4. The van der Waals surface area contributed by atoms with Gasteiger partial charge in [-0.2, -0.15) is 0 Å². The summed E-state index contributed by atoms with van der Waals surface area (Å²) in [5.74, 6) is 0.949. The number of aromatic nitrogens is 1. The van der Waals surface area contributed by atoms with Gasteiger partial charge in [0.1, 0.15) is 17.3 Å². The third-order valence-electron chi connectivity index (χ3n) is 4.43. The van der Waals surface area contributed by atoms with E-state index < -0.39 is 6.36 Å². The minimum atomic E-state index is -4.71. The van der Waals surface area contributed by atoms with Crippen LogP contribution in [0.3, 0.4) is 0 Å². The number of furan rings is 1. The minimum Gasteiger partial charge on any atom is -0.457 e. The molecule has 0 amide bonds. The summed E-state index contributed by atoms with van der Waals surface area (Å²) in [7, 11) is 0. The number of aliphatic imine (C=N–C) groups is 1. The predicted octanol–water partition coefficient (Wildman–Crippen LogP) is 5.91. The van der Waals surface area contributed by atoms with Crippen molar-refractivity contribution in [2.75, 3.05) is 6.54 Å².